The molecular weight excluding hydrogens is 382 g/mol. The number of aryl methyl sites for hydroxylation is 1. The van der Waals surface area contributed by atoms with Crippen LogP contribution in [0.15, 0.2) is 59.5 Å². The summed E-state index contributed by atoms with van der Waals surface area (Å²) >= 11 is 0. The van der Waals surface area contributed by atoms with Crippen molar-refractivity contribution >= 4 is 22.0 Å². The van der Waals surface area contributed by atoms with Crippen LogP contribution in [0.1, 0.15) is 22.3 Å². The van der Waals surface area contributed by atoms with Crippen LogP contribution in [0, 0.1) is 6.92 Å². The van der Waals surface area contributed by atoms with Crippen LogP contribution in [0.2, 0.25) is 0 Å². The second-order valence-corrected chi connectivity index (χ2v) is 8.16. The molecule has 0 aliphatic carbocycles. The van der Waals surface area contributed by atoms with E-state index in [0.29, 0.717) is 5.56 Å². The summed E-state index contributed by atoms with van der Waals surface area (Å²) in [7, 11) is -2.79. The van der Waals surface area contributed by atoms with Gasteiger partial charge in [0.05, 0.1) is 18.1 Å². The lowest BCUT2D eigenvalue weighted by Crippen LogP contribution is -2.41. The highest BCUT2D eigenvalue weighted by Gasteiger charge is 2.43. The largest absolute Gasteiger partial charge is 0.467 e. The number of hydrogen-bond donors (Lipinski definition) is 0. The van der Waals surface area contributed by atoms with Crippen molar-refractivity contribution in [2.75, 3.05) is 13.7 Å². The molecule has 7 nitrogen and oxygen atoms in total. The van der Waals surface area contributed by atoms with Crippen molar-refractivity contribution in [1.29, 1.82) is 0 Å². The fraction of sp³-hybridized carbons (Fsp3) is 0.300. The second-order valence-electron chi connectivity index (χ2n) is 6.58. The minimum Gasteiger partial charge on any atom is -0.467 e. The Hall–Kier alpha value is -2.71. The number of ether oxygens (including phenoxy) is 1. The third-order valence-electron chi connectivity index (χ3n) is 4.59. The molecule has 1 fully saturated rings. The number of carbonyl (C=O) groups excluding carboxylic acids is 2. The molecule has 28 heavy (non-hydrogen) atoms. The number of amides is 1. The third kappa shape index (κ3) is 4.23. The molecule has 2 atom stereocenters. The molecule has 1 aliphatic heterocycles. The van der Waals surface area contributed by atoms with E-state index in [-0.39, 0.29) is 23.8 Å². The minimum absolute atomic E-state index is 0.0283. The molecule has 2 aromatic carbocycles. The first-order chi connectivity index (χ1) is 13.3. The lowest BCUT2D eigenvalue weighted by molar-refractivity contribution is -0.145. The highest BCUT2D eigenvalue weighted by Crippen LogP contribution is 2.27. The van der Waals surface area contributed by atoms with E-state index in [1.807, 2.05) is 6.92 Å². The van der Waals surface area contributed by atoms with Gasteiger partial charge in [0.1, 0.15) is 6.04 Å². The summed E-state index contributed by atoms with van der Waals surface area (Å²) in [5.74, 6) is -0.988. The molecular formula is C20H21NO6S. The average molecular weight is 403 g/mol. The Bertz CT molecular complexity index is 956. The smallest absolute Gasteiger partial charge is 0.328 e. The van der Waals surface area contributed by atoms with Crippen LogP contribution < -0.4 is 0 Å². The number of likely N-dealkylation sites (tertiary alicyclic amines) is 1. The highest BCUT2D eigenvalue weighted by atomic mass is 32.2. The maximum Gasteiger partial charge on any atom is 0.328 e. The van der Waals surface area contributed by atoms with Gasteiger partial charge in [-0.2, -0.15) is 8.42 Å². The maximum absolute atomic E-state index is 12.8. The van der Waals surface area contributed by atoms with Crippen LogP contribution in [0.3, 0.4) is 0 Å². The second kappa shape index (κ2) is 8.12. The van der Waals surface area contributed by atoms with Crippen LogP contribution in [0.25, 0.3) is 0 Å². The van der Waals surface area contributed by atoms with Gasteiger partial charge in [0.2, 0.25) is 0 Å². The summed E-state index contributed by atoms with van der Waals surface area (Å²) in [5.41, 5.74) is 1.32. The Kier molecular flexibility index (Phi) is 5.81. The molecule has 2 aromatic rings. The van der Waals surface area contributed by atoms with E-state index in [0.717, 1.165) is 5.56 Å². The lowest BCUT2D eigenvalue weighted by Gasteiger charge is -2.22. The molecule has 0 N–H and O–H groups in total. The Morgan fingerprint density at radius 1 is 1.04 bits per heavy atom. The molecule has 3 rings (SSSR count). The van der Waals surface area contributed by atoms with E-state index in [4.69, 9.17) is 8.92 Å². The van der Waals surface area contributed by atoms with Gasteiger partial charge in [-0.1, -0.05) is 35.9 Å². The Labute approximate surface area is 164 Å². The van der Waals surface area contributed by atoms with Gasteiger partial charge in [0.15, 0.2) is 0 Å². The highest BCUT2D eigenvalue weighted by molar-refractivity contribution is 7.86. The van der Waals surface area contributed by atoms with E-state index in [2.05, 4.69) is 0 Å². The number of methoxy groups -OCH3 is 1. The predicted molar refractivity (Wildman–Crippen MR) is 101 cm³/mol. The number of carbonyl (C=O) groups is 2. The summed E-state index contributed by atoms with van der Waals surface area (Å²) in [4.78, 5) is 26.3. The van der Waals surface area contributed by atoms with Crippen LogP contribution in [-0.4, -0.2) is 51.0 Å². The quantitative estimate of drug-likeness (QED) is 0.561. The molecule has 0 unspecified atom stereocenters. The van der Waals surface area contributed by atoms with Gasteiger partial charge in [0, 0.05) is 18.5 Å². The van der Waals surface area contributed by atoms with Crippen LogP contribution >= 0.6 is 0 Å². The predicted octanol–water partition coefficient (Wildman–Crippen LogP) is 2.16. The SMILES string of the molecule is COC(=O)[C@H]1C[C@@H](OS(=O)(=O)c2ccc(C)cc2)CN1C(=O)c1ccccc1. The van der Waals surface area contributed by atoms with Crippen LogP contribution in [0.4, 0.5) is 0 Å². The van der Waals surface area contributed by atoms with Crippen molar-refractivity contribution in [3.63, 3.8) is 0 Å². The van der Waals surface area contributed by atoms with Gasteiger partial charge in [-0.25, -0.2) is 4.79 Å². The number of rotatable bonds is 5. The van der Waals surface area contributed by atoms with Crippen molar-refractivity contribution < 1.29 is 26.9 Å². The Balaban J connectivity index is 1.81. The average Bonchev–Trinajstić information content (AvgIpc) is 3.10. The standard InChI is InChI=1S/C20H21NO6S/c1-14-8-10-17(11-9-14)28(24,25)27-16-12-18(20(23)26-2)21(13-16)19(22)15-6-4-3-5-7-15/h3-11,16,18H,12-13H2,1-2H3/t16-,18-/m1/s1. The number of nitrogens with zero attached hydrogens (tertiary/aromatic N) is 1. The van der Waals surface area contributed by atoms with Crippen molar-refractivity contribution in [1.82, 2.24) is 4.90 Å². The van der Waals surface area contributed by atoms with Gasteiger partial charge in [-0.05, 0) is 31.2 Å². The van der Waals surface area contributed by atoms with E-state index in [1.165, 1.54) is 24.1 Å². The zero-order chi connectivity index (χ0) is 20.3. The summed E-state index contributed by atoms with van der Waals surface area (Å²) in [6.07, 6.45) is -0.806. The zero-order valence-electron chi connectivity index (χ0n) is 15.6. The lowest BCUT2D eigenvalue weighted by atomic mass is 10.1. The molecule has 148 valence electrons. The third-order valence-corrected chi connectivity index (χ3v) is 5.97. The van der Waals surface area contributed by atoms with Gasteiger partial charge >= 0.3 is 5.97 Å². The first kappa shape index (κ1) is 20.0. The molecule has 0 aromatic heterocycles. The summed E-state index contributed by atoms with van der Waals surface area (Å²) in [5, 5.41) is 0. The molecule has 0 spiro atoms. The van der Waals surface area contributed by atoms with E-state index < -0.39 is 28.2 Å². The molecule has 1 amide bonds. The van der Waals surface area contributed by atoms with E-state index in [1.54, 1.807) is 42.5 Å². The Morgan fingerprint density at radius 2 is 1.68 bits per heavy atom. The van der Waals surface area contributed by atoms with E-state index >= 15 is 0 Å². The van der Waals surface area contributed by atoms with Crippen molar-refractivity contribution in [2.24, 2.45) is 0 Å². The summed E-state index contributed by atoms with van der Waals surface area (Å²) < 4.78 is 35.2. The van der Waals surface area contributed by atoms with Gasteiger partial charge in [-0.15, -0.1) is 0 Å². The van der Waals surface area contributed by atoms with E-state index in [9.17, 15) is 18.0 Å². The normalized spacial score (nSPS) is 19.4. The summed E-state index contributed by atoms with van der Waals surface area (Å²) in [6, 6.07) is 13.8. The monoisotopic (exact) mass is 403 g/mol. The topological polar surface area (TPSA) is 90.0 Å². The molecule has 0 saturated carbocycles. The van der Waals surface area contributed by atoms with Crippen molar-refractivity contribution in [3.8, 4) is 0 Å². The van der Waals surface area contributed by atoms with Crippen molar-refractivity contribution in [3.05, 3.63) is 65.7 Å². The maximum atomic E-state index is 12.8. The Morgan fingerprint density at radius 3 is 2.29 bits per heavy atom. The van der Waals surface area contributed by atoms with Crippen LogP contribution in [0.5, 0.6) is 0 Å². The van der Waals surface area contributed by atoms with Crippen molar-refractivity contribution in [2.45, 2.75) is 30.4 Å². The minimum atomic E-state index is -4.02. The molecule has 0 radical (unpaired) electrons. The molecule has 1 saturated heterocycles. The first-order valence-corrected chi connectivity index (χ1v) is 10.2. The molecule has 1 heterocycles. The van der Waals surface area contributed by atoms with Crippen LogP contribution in [-0.2, 0) is 23.8 Å². The fourth-order valence-corrected chi connectivity index (χ4v) is 4.22. The van der Waals surface area contributed by atoms with Gasteiger partial charge in [-0.3, -0.25) is 8.98 Å². The first-order valence-electron chi connectivity index (χ1n) is 8.75. The number of benzene rings is 2. The molecule has 8 heteroatoms. The zero-order valence-corrected chi connectivity index (χ0v) is 16.4. The summed E-state index contributed by atoms with van der Waals surface area (Å²) in [6.45, 7) is 1.82. The fourth-order valence-electron chi connectivity index (χ4n) is 3.14. The van der Waals surface area contributed by atoms with Gasteiger partial charge in [0.25, 0.3) is 16.0 Å². The number of esters is 1. The molecule has 1 aliphatic rings. The molecule has 0 bridgehead atoms. The van der Waals surface area contributed by atoms with Gasteiger partial charge < -0.3 is 9.64 Å². The number of hydrogen-bond acceptors (Lipinski definition) is 6.